The summed E-state index contributed by atoms with van der Waals surface area (Å²) in [5.74, 6) is 0. The molecule has 2 aromatic carbocycles. The highest BCUT2D eigenvalue weighted by molar-refractivity contribution is 6.30. The van der Waals surface area contributed by atoms with Gasteiger partial charge in [0.15, 0.2) is 0 Å². The molecule has 0 N–H and O–H groups in total. The Kier molecular flexibility index (Phi) is 3.21. The van der Waals surface area contributed by atoms with Gasteiger partial charge < -0.3 is 4.40 Å². The molecule has 0 aliphatic rings. The minimum absolute atomic E-state index is 0.758. The SMILES string of the molecule is Clc1ccc(-c2cccc3cc(-c4ccccc4)cn23)cc1. The Balaban J connectivity index is 1.90. The van der Waals surface area contributed by atoms with Crippen LogP contribution in [0, 0.1) is 0 Å². The monoisotopic (exact) mass is 303 g/mol. The number of hydrogen-bond donors (Lipinski definition) is 0. The molecule has 4 aromatic rings. The molecular weight excluding hydrogens is 290 g/mol. The van der Waals surface area contributed by atoms with Gasteiger partial charge in [-0.1, -0.05) is 60.1 Å². The smallest absolute Gasteiger partial charge is 0.0528 e. The van der Waals surface area contributed by atoms with Gasteiger partial charge in [0.1, 0.15) is 0 Å². The zero-order valence-corrected chi connectivity index (χ0v) is 12.7. The maximum Gasteiger partial charge on any atom is 0.0528 e. The van der Waals surface area contributed by atoms with Crippen molar-refractivity contribution in [2.24, 2.45) is 0 Å². The van der Waals surface area contributed by atoms with Gasteiger partial charge in [0.05, 0.1) is 5.69 Å². The third-order valence-electron chi connectivity index (χ3n) is 3.88. The molecule has 0 saturated heterocycles. The minimum atomic E-state index is 0.758. The molecule has 0 fully saturated rings. The molecule has 0 spiro atoms. The van der Waals surface area contributed by atoms with Crippen LogP contribution in [0.2, 0.25) is 5.02 Å². The summed E-state index contributed by atoms with van der Waals surface area (Å²) in [6.07, 6.45) is 2.19. The third kappa shape index (κ3) is 2.30. The minimum Gasteiger partial charge on any atom is -0.316 e. The summed E-state index contributed by atoms with van der Waals surface area (Å²) < 4.78 is 2.23. The molecule has 2 heterocycles. The Bertz CT molecular complexity index is 921. The maximum atomic E-state index is 5.99. The van der Waals surface area contributed by atoms with E-state index in [1.165, 1.54) is 16.6 Å². The van der Waals surface area contributed by atoms with E-state index in [1.54, 1.807) is 0 Å². The summed E-state index contributed by atoms with van der Waals surface area (Å²) >= 11 is 5.99. The summed E-state index contributed by atoms with van der Waals surface area (Å²) in [5, 5.41) is 0.758. The van der Waals surface area contributed by atoms with Crippen LogP contribution in [0.3, 0.4) is 0 Å². The van der Waals surface area contributed by atoms with E-state index >= 15 is 0 Å². The first kappa shape index (κ1) is 13.2. The van der Waals surface area contributed by atoms with E-state index in [9.17, 15) is 0 Å². The molecule has 0 bridgehead atoms. The molecule has 0 aliphatic heterocycles. The molecule has 106 valence electrons. The highest BCUT2D eigenvalue weighted by Gasteiger charge is 2.07. The van der Waals surface area contributed by atoms with Crippen molar-refractivity contribution >= 4 is 17.1 Å². The van der Waals surface area contributed by atoms with Crippen LogP contribution in [0.5, 0.6) is 0 Å². The number of pyridine rings is 1. The van der Waals surface area contributed by atoms with Gasteiger partial charge >= 0.3 is 0 Å². The van der Waals surface area contributed by atoms with E-state index < -0.39 is 0 Å². The van der Waals surface area contributed by atoms with Crippen LogP contribution in [0.25, 0.3) is 27.9 Å². The number of hydrogen-bond acceptors (Lipinski definition) is 0. The van der Waals surface area contributed by atoms with Crippen molar-refractivity contribution < 1.29 is 0 Å². The summed E-state index contributed by atoms with van der Waals surface area (Å²) in [6, 6.07) is 27.0. The van der Waals surface area contributed by atoms with E-state index in [-0.39, 0.29) is 0 Å². The summed E-state index contributed by atoms with van der Waals surface area (Å²) in [5.41, 5.74) is 5.96. The molecular formula is C20H14ClN. The van der Waals surface area contributed by atoms with E-state index in [0.29, 0.717) is 0 Å². The fourth-order valence-corrected chi connectivity index (χ4v) is 2.91. The molecule has 0 radical (unpaired) electrons. The topological polar surface area (TPSA) is 4.41 Å². The molecule has 0 amide bonds. The normalized spacial score (nSPS) is 11.0. The molecule has 1 nitrogen and oxygen atoms in total. The highest BCUT2D eigenvalue weighted by Crippen LogP contribution is 2.28. The zero-order chi connectivity index (χ0) is 14.9. The van der Waals surface area contributed by atoms with Crippen molar-refractivity contribution in [1.82, 2.24) is 4.40 Å². The number of fused-ring (bicyclic) bond motifs is 1. The number of nitrogens with zero attached hydrogens (tertiary/aromatic N) is 1. The Morgan fingerprint density at radius 1 is 0.636 bits per heavy atom. The van der Waals surface area contributed by atoms with Crippen molar-refractivity contribution in [3.05, 3.63) is 90.1 Å². The lowest BCUT2D eigenvalue weighted by atomic mass is 10.1. The Labute approximate surface area is 134 Å². The van der Waals surface area contributed by atoms with Gasteiger partial charge in [-0.05, 0) is 41.5 Å². The van der Waals surface area contributed by atoms with Gasteiger partial charge in [-0.2, -0.15) is 0 Å². The summed E-state index contributed by atoms with van der Waals surface area (Å²) in [4.78, 5) is 0. The first-order valence-corrected chi connectivity index (χ1v) is 7.61. The van der Waals surface area contributed by atoms with E-state index in [1.807, 2.05) is 18.2 Å². The van der Waals surface area contributed by atoms with Gasteiger partial charge in [0, 0.05) is 22.3 Å². The molecule has 2 aromatic heterocycles. The second-order valence-electron chi connectivity index (χ2n) is 5.31. The first-order chi connectivity index (χ1) is 10.8. The lowest BCUT2D eigenvalue weighted by Gasteiger charge is -2.06. The van der Waals surface area contributed by atoms with E-state index in [0.717, 1.165) is 16.3 Å². The predicted octanol–water partition coefficient (Wildman–Crippen LogP) is 5.93. The average Bonchev–Trinajstić information content (AvgIpc) is 3.01. The van der Waals surface area contributed by atoms with Crippen LogP contribution in [0.4, 0.5) is 0 Å². The molecule has 0 unspecified atom stereocenters. The number of halogens is 1. The van der Waals surface area contributed by atoms with Gasteiger partial charge in [-0.3, -0.25) is 0 Å². The van der Waals surface area contributed by atoms with Crippen molar-refractivity contribution in [1.29, 1.82) is 0 Å². The quantitative estimate of drug-likeness (QED) is 0.432. The van der Waals surface area contributed by atoms with Crippen LogP contribution in [-0.4, -0.2) is 4.40 Å². The van der Waals surface area contributed by atoms with Crippen LogP contribution in [0.15, 0.2) is 85.1 Å². The lowest BCUT2D eigenvalue weighted by Crippen LogP contribution is -1.89. The van der Waals surface area contributed by atoms with Crippen LogP contribution in [0.1, 0.15) is 0 Å². The fraction of sp³-hybridized carbons (Fsp3) is 0. The van der Waals surface area contributed by atoms with E-state index in [4.69, 9.17) is 11.6 Å². The molecule has 0 atom stereocenters. The number of aromatic nitrogens is 1. The van der Waals surface area contributed by atoms with Gasteiger partial charge in [0.2, 0.25) is 0 Å². The predicted molar refractivity (Wildman–Crippen MR) is 93.3 cm³/mol. The Morgan fingerprint density at radius 2 is 1.41 bits per heavy atom. The zero-order valence-electron chi connectivity index (χ0n) is 11.9. The lowest BCUT2D eigenvalue weighted by molar-refractivity contribution is 1.20. The largest absolute Gasteiger partial charge is 0.316 e. The molecule has 2 heteroatoms. The Hall–Kier alpha value is -2.51. The second-order valence-corrected chi connectivity index (χ2v) is 5.74. The van der Waals surface area contributed by atoms with Gasteiger partial charge in [-0.15, -0.1) is 0 Å². The first-order valence-electron chi connectivity index (χ1n) is 7.24. The highest BCUT2D eigenvalue weighted by atomic mass is 35.5. The van der Waals surface area contributed by atoms with Gasteiger partial charge in [-0.25, -0.2) is 0 Å². The van der Waals surface area contributed by atoms with Crippen molar-refractivity contribution in [3.63, 3.8) is 0 Å². The van der Waals surface area contributed by atoms with Crippen molar-refractivity contribution in [3.8, 4) is 22.4 Å². The van der Waals surface area contributed by atoms with Crippen molar-refractivity contribution in [2.75, 3.05) is 0 Å². The molecule has 0 aliphatic carbocycles. The molecule has 22 heavy (non-hydrogen) atoms. The van der Waals surface area contributed by atoms with Crippen LogP contribution in [-0.2, 0) is 0 Å². The molecule has 4 rings (SSSR count). The van der Waals surface area contributed by atoms with Gasteiger partial charge in [0.25, 0.3) is 0 Å². The van der Waals surface area contributed by atoms with Crippen molar-refractivity contribution in [2.45, 2.75) is 0 Å². The number of benzene rings is 2. The second kappa shape index (κ2) is 5.36. The van der Waals surface area contributed by atoms with Crippen LogP contribution < -0.4 is 0 Å². The fourth-order valence-electron chi connectivity index (χ4n) is 2.78. The van der Waals surface area contributed by atoms with Crippen LogP contribution >= 0.6 is 11.6 Å². The van der Waals surface area contributed by atoms with E-state index in [2.05, 4.69) is 71.3 Å². The summed E-state index contributed by atoms with van der Waals surface area (Å²) in [7, 11) is 0. The third-order valence-corrected chi connectivity index (χ3v) is 4.13. The maximum absolute atomic E-state index is 5.99. The summed E-state index contributed by atoms with van der Waals surface area (Å²) in [6.45, 7) is 0. The number of rotatable bonds is 2. The average molecular weight is 304 g/mol. The Morgan fingerprint density at radius 3 is 2.18 bits per heavy atom. The molecule has 0 saturated carbocycles. The standard InChI is InChI=1S/C20H14ClN/c21-18-11-9-16(10-12-18)20-8-4-7-19-13-17(14-22(19)20)15-5-2-1-3-6-15/h1-14H.